The van der Waals surface area contributed by atoms with Crippen LogP contribution in [0.3, 0.4) is 0 Å². The molecule has 1 aromatic carbocycles. The predicted molar refractivity (Wildman–Crippen MR) is 99.0 cm³/mol. The number of nitrogens with zero attached hydrogens (tertiary/aromatic N) is 2. The second-order valence-electron chi connectivity index (χ2n) is 4.89. The summed E-state index contributed by atoms with van der Waals surface area (Å²) in [5.41, 5.74) is 7.03. The quantitative estimate of drug-likeness (QED) is 0.370. The molecular formula is C15H19N5O2S2. The second kappa shape index (κ2) is 9.99. The van der Waals surface area contributed by atoms with E-state index in [9.17, 15) is 9.59 Å². The normalized spacial score (nSPS) is 17.7. The summed E-state index contributed by atoms with van der Waals surface area (Å²) in [4.78, 5) is 23.0. The maximum absolute atomic E-state index is 11.6. The third-order valence-corrected chi connectivity index (χ3v) is 4.63. The Bertz CT molecular complexity index is 619. The topological polar surface area (TPSA) is 109 Å². The molecule has 0 spiro atoms. The molecule has 1 atom stereocenters. The average molecular weight is 365 g/mol. The first-order valence-electron chi connectivity index (χ1n) is 7.34. The Morgan fingerprint density at radius 1 is 1.42 bits per heavy atom. The highest BCUT2D eigenvalue weighted by Crippen LogP contribution is 2.19. The minimum atomic E-state index is -0.337. The van der Waals surface area contributed by atoms with Crippen molar-refractivity contribution in [1.82, 2.24) is 10.6 Å². The number of nitrogens with two attached hydrogens (primary N) is 1. The first-order chi connectivity index (χ1) is 11.6. The summed E-state index contributed by atoms with van der Waals surface area (Å²) in [6, 6.07) is 6.80. The molecule has 4 N–H and O–H groups in total. The van der Waals surface area contributed by atoms with E-state index >= 15 is 0 Å². The van der Waals surface area contributed by atoms with Crippen LogP contribution < -0.4 is 16.4 Å². The molecule has 0 aromatic heterocycles. The Hall–Kier alpha value is -2.00. The summed E-state index contributed by atoms with van der Waals surface area (Å²) in [6.07, 6.45) is 2.38. The third kappa shape index (κ3) is 6.63. The Kier molecular flexibility index (Phi) is 7.63. The molecule has 1 aliphatic heterocycles. The van der Waals surface area contributed by atoms with E-state index < -0.39 is 0 Å². The fourth-order valence-electron chi connectivity index (χ4n) is 1.85. The monoisotopic (exact) mass is 365 g/mol. The highest BCUT2D eigenvalue weighted by molar-refractivity contribution is 8.14. The first-order valence-corrected chi connectivity index (χ1v) is 9.37. The molecule has 24 heavy (non-hydrogen) atoms. The van der Waals surface area contributed by atoms with Crippen LogP contribution in [-0.4, -0.2) is 35.2 Å². The van der Waals surface area contributed by atoms with E-state index in [4.69, 9.17) is 5.73 Å². The van der Waals surface area contributed by atoms with Gasteiger partial charge in [0, 0.05) is 17.6 Å². The van der Waals surface area contributed by atoms with Gasteiger partial charge in [-0.05, 0) is 36.1 Å². The van der Waals surface area contributed by atoms with Crippen molar-refractivity contribution in [3.63, 3.8) is 0 Å². The van der Waals surface area contributed by atoms with Gasteiger partial charge < -0.3 is 16.4 Å². The lowest BCUT2D eigenvalue weighted by Crippen LogP contribution is -2.41. The van der Waals surface area contributed by atoms with Crippen LogP contribution in [0.1, 0.15) is 6.42 Å². The van der Waals surface area contributed by atoms with Crippen LogP contribution in [0, 0.1) is 0 Å². The maximum atomic E-state index is 11.6. The molecule has 9 heteroatoms. The lowest BCUT2D eigenvalue weighted by molar-refractivity contribution is -0.123. The van der Waals surface area contributed by atoms with E-state index in [-0.39, 0.29) is 23.6 Å². The number of carbonyl (C=O) groups is 2. The number of benzene rings is 1. The van der Waals surface area contributed by atoms with E-state index in [0.717, 1.165) is 11.4 Å². The van der Waals surface area contributed by atoms with Crippen molar-refractivity contribution in [1.29, 1.82) is 0 Å². The van der Waals surface area contributed by atoms with E-state index in [1.165, 1.54) is 23.5 Å². The number of nitrogen functional groups attached to an aromatic ring is 1. The highest BCUT2D eigenvalue weighted by Gasteiger charge is 2.26. The zero-order valence-electron chi connectivity index (χ0n) is 13.0. The molecule has 1 aromatic rings. The van der Waals surface area contributed by atoms with Gasteiger partial charge in [0.2, 0.25) is 11.0 Å². The summed E-state index contributed by atoms with van der Waals surface area (Å²) < 4.78 is 0. The maximum Gasteiger partial charge on any atom is 0.239 e. The van der Waals surface area contributed by atoms with Crippen molar-refractivity contribution >= 4 is 45.9 Å². The summed E-state index contributed by atoms with van der Waals surface area (Å²) in [5.74, 6) is 1.06. The number of carbonyl (C=O) groups excluding carboxylic acids is 2. The number of nitrogens with one attached hydrogen (secondary N) is 2. The van der Waals surface area contributed by atoms with Crippen LogP contribution in [0.15, 0.2) is 46.1 Å². The van der Waals surface area contributed by atoms with Crippen molar-refractivity contribution in [3.05, 3.63) is 35.9 Å². The summed E-state index contributed by atoms with van der Waals surface area (Å²) in [5, 5.41) is 15.5. The van der Waals surface area contributed by atoms with Gasteiger partial charge in [-0.25, -0.2) is 0 Å². The van der Waals surface area contributed by atoms with Crippen LogP contribution >= 0.6 is 23.5 Å². The fourth-order valence-corrected chi connectivity index (χ4v) is 3.18. The molecular weight excluding hydrogens is 346 g/mol. The van der Waals surface area contributed by atoms with Gasteiger partial charge >= 0.3 is 0 Å². The smallest absolute Gasteiger partial charge is 0.239 e. The van der Waals surface area contributed by atoms with Crippen molar-refractivity contribution in [2.24, 2.45) is 10.2 Å². The van der Waals surface area contributed by atoms with Crippen molar-refractivity contribution in [2.45, 2.75) is 12.5 Å². The molecule has 1 unspecified atom stereocenters. The number of azo groups is 1. The number of hydrogen-bond donors (Lipinski definition) is 3. The zero-order chi connectivity index (χ0) is 17.2. The van der Waals surface area contributed by atoms with Gasteiger partial charge in [-0.2, -0.15) is 10.2 Å². The SMILES string of the molecule is Nc1ccc(N=NCS/C=C\NCC(=O)NC2CCSC2=O)cc1. The van der Waals surface area contributed by atoms with E-state index in [0.29, 0.717) is 18.0 Å². The Morgan fingerprint density at radius 3 is 2.92 bits per heavy atom. The van der Waals surface area contributed by atoms with E-state index in [1.807, 2.05) is 0 Å². The minimum absolute atomic E-state index is 0.0425. The Balaban J connectivity index is 1.55. The molecule has 1 amide bonds. The second-order valence-corrected chi connectivity index (χ2v) is 6.85. The average Bonchev–Trinajstić information content (AvgIpc) is 2.96. The summed E-state index contributed by atoms with van der Waals surface area (Å²) in [7, 11) is 0. The molecule has 0 bridgehead atoms. The molecule has 1 fully saturated rings. The van der Waals surface area contributed by atoms with Crippen LogP contribution in [0.4, 0.5) is 11.4 Å². The first kappa shape index (κ1) is 18.3. The van der Waals surface area contributed by atoms with Crippen LogP contribution in [0.2, 0.25) is 0 Å². The van der Waals surface area contributed by atoms with E-state index in [2.05, 4.69) is 20.9 Å². The van der Waals surface area contributed by atoms with Crippen LogP contribution in [0.25, 0.3) is 0 Å². The van der Waals surface area contributed by atoms with Crippen molar-refractivity contribution in [3.8, 4) is 0 Å². The van der Waals surface area contributed by atoms with Crippen LogP contribution in [0.5, 0.6) is 0 Å². The summed E-state index contributed by atoms with van der Waals surface area (Å²) in [6.45, 7) is 0.137. The minimum Gasteiger partial charge on any atom is -0.399 e. The molecule has 1 saturated heterocycles. The standard InChI is InChI=1S/C15H19N5O2S2/c16-11-1-3-12(4-2-11)20-18-10-23-8-6-17-9-14(21)19-13-5-7-24-15(13)22/h1-4,6,8,13,17H,5,7,9-10,16H2,(H,19,21)/b8-6-,20-18?. The molecule has 0 aliphatic carbocycles. The number of rotatable bonds is 8. The van der Waals surface area contributed by atoms with Gasteiger partial charge in [-0.1, -0.05) is 11.8 Å². The molecule has 0 radical (unpaired) electrons. The van der Waals surface area contributed by atoms with Gasteiger partial charge in [0.15, 0.2) is 0 Å². The number of hydrogen-bond acceptors (Lipinski definition) is 8. The van der Waals surface area contributed by atoms with Gasteiger partial charge in [0.05, 0.1) is 18.3 Å². The highest BCUT2D eigenvalue weighted by atomic mass is 32.2. The molecule has 0 saturated carbocycles. The van der Waals surface area contributed by atoms with Gasteiger partial charge in [0.25, 0.3) is 0 Å². The van der Waals surface area contributed by atoms with Gasteiger partial charge in [-0.3, -0.25) is 9.59 Å². The van der Waals surface area contributed by atoms with Crippen molar-refractivity contribution in [2.75, 3.05) is 23.9 Å². The Morgan fingerprint density at radius 2 is 2.21 bits per heavy atom. The Labute approximate surface area is 148 Å². The molecule has 1 aliphatic rings. The van der Waals surface area contributed by atoms with Crippen LogP contribution in [-0.2, 0) is 9.59 Å². The molecule has 7 nitrogen and oxygen atoms in total. The van der Waals surface area contributed by atoms with Gasteiger partial charge in [0.1, 0.15) is 5.88 Å². The zero-order valence-corrected chi connectivity index (χ0v) is 14.6. The van der Waals surface area contributed by atoms with Crippen molar-refractivity contribution < 1.29 is 9.59 Å². The number of thioether (sulfide) groups is 2. The predicted octanol–water partition coefficient (Wildman–Crippen LogP) is 2.25. The number of anilines is 1. The number of amides is 1. The molecule has 2 rings (SSSR count). The van der Waals surface area contributed by atoms with E-state index in [1.54, 1.807) is 35.9 Å². The summed E-state index contributed by atoms with van der Waals surface area (Å²) >= 11 is 2.71. The molecule has 1 heterocycles. The lowest BCUT2D eigenvalue weighted by Gasteiger charge is -2.09. The molecule has 128 valence electrons. The third-order valence-electron chi connectivity index (χ3n) is 3.03. The fraction of sp³-hybridized carbons (Fsp3) is 0.333. The van der Waals surface area contributed by atoms with Gasteiger partial charge in [-0.15, -0.1) is 11.8 Å². The lowest BCUT2D eigenvalue weighted by atomic mass is 10.2. The largest absolute Gasteiger partial charge is 0.399 e.